The molecule has 2 N–H and O–H groups in total. The van der Waals surface area contributed by atoms with Gasteiger partial charge < -0.3 is 20.3 Å². The van der Waals surface area contributed by atoms with Gasteiger partial charge in [-0.05, 0) is 56.6 Å². The van der Waals surface area contributed by atoms with Crippen LogP contribution in [-0.4, -0.2) is 51.2 Å². The molecule has 0 atom stereocenters. The van der Waals surface area contributed by atoms with Crippen LogP contribution in [0.2, 0.25) is 0 Å². The average Bonchev–Trinajstić information content (AvgIpc) is 2.61. The normalized spacial score (nSPS) is 11.2. The molecule has 0 aliphatic rings. The van der Waals surface area contributed by atoms with Crippen LogP contribution in [0.3, 0.4) is 0 Å². The molecule has 25 heavy (non-hydrogen) atoms. The minimum Gasteiger partial charge on any atom is -0.497 e. The second kappa shape index (κ2) is 15.3. The van der Waals surface area contributed by atoms with Crippen molar-refractivity contribution >= 4 is 29.9 Å². The maximum absolute atomic E-state index is 5.25. The van der Waals surface area contributed by atoms with Gasteiger partial charge in [0.1, 0.15) is 5.75 Å². The highest BCUT2D eigenvalue weighted by Gasteiger charge is 2.03. The van der Waals surface area contributed by atoms with E-state index in [4.69, 9.17) is 4.74 Å². The number of nitrogens with one attached hydrogen (secondary N) is 2. The van der Waals surface area contributed by atoms with E-state index in [0.717, 1.165) is 37.8 Å². The largest absolute Gasteiger partial charge is 0.497 e. The van der Waals surface area contributed by atoms with Gasteiger partial charge in [0.2, 0.25) is 0 Å². The minimum atomic E-state index is 0. The van der Waals surface area contributed by atoms with Gasteiger partial charge in [-0.1, -0.05) is 26.0 Å². The standard InChI is InChI=1S/C19H34N4O.HI/c1-5-12-23(13-6-2)14-8-11-21-19(20-3)22-16-17-9-7-10-18(15-17)24-4;/h7,9-10,15H,5-6,8,11-14,16H2,1-4H3,(H2,20,21,22);1H. The number of guanidine groups is 1. The molecule has 1 aromatic rings. The molecule has 0 unspecified atom stereocenters. The lowest BCUT2D eigenvalue weighted by molar-refractivity contribution is 0.271. The molecule has 0 aliphatic carbocycles. The van der Waals surface area contributed by atoms with Gasteiger partial charge in [-0.2, -0.15) is 0 Å². The van der Waals surface area contributed by atoms with E-state index in [1.807, 2.05) is 18.2 Å². The molecule has 0 spiro atoms. The summed E-state index contributed by atoms with van der Waals surface area (Å²) >= 11 is 0. The average molecular weight is 462 g/mol. The number of halogens is 1. The highest BCUT2D eigenvalue weighted by atomic mass is 127. The van der Waals surface area contributed by atoms with E-state index < -0.39 is 0 Å². The van der Waals surface area contributed by atoms with Crippen LogP contribution in [-0.2, 0) is 6.54 Å². The zero-order valence-corrected chi connectivity index (χ0v) is 18.5. The molecule has 5 nitrogen and oxygen atoms in total. The lowest BCUT2D eigenvalue weighted by atomic mass is 10.2. The molecular weight excluding hydrogens is 427 g/mol. The van der Waals surface area contributed by atoms with E-state index in [0.29, 0.717) is 0 Å². The van der Waals surface area contributed by atoms with Crippen LogP contribution in [0.1, 0.15) is 38.7 Å². The Balaban J connectivity index is 0.00000576. The smallest absolute Gasteiger partial charge is 0.191 e. The first-order valence-electron chi connectivity index (χ1n) is 9.03. The molecule has 0 fully saturated rings. The minimum absolute atomic E-state index is 0. The highest BCUT2D eigenvalue weighted by Crippen LogP contribution is 2.11. The summed E-state index contributed by atoms with van der Waals surface area (Å²) in [4.78, 5) is 6.82. The van der Waals surface area contributed by atoms with Crippen molar-refractivity contribution < 1.29 is 4.74 Å². The van der Waals surface area contributed by atoms with Crippen molar-refractivity contribution in [1.82, 2.24) is 15.5 Å². The fourth-order valence-electron chi connectivity index (χ4n) is 2.67. The van der Waals surface area contributed by atoms with Gasteiger partial charge >= 0.3 is 0 Å². The van der Waals surface area contributed by atoms with Crippen LogP contribution in [0, 0.1) is 0 Å². The summed E-state index contributed by atoms with van der Waals surface area (Å²) in [6, 6.07) is 8.07. The van der Waals surface area contributed by atoms with E-state index in [-0.39, 0.29) is 24.0 Å². The summed E-state index contributed by atoms with van der Waals surface area (Å²) in [6.07, 6.45) is 3.56. The molecule has 0 saturated carbocycles. The summed E-state index contributed by atoms with van der Waals surface area (Å²) in [5.41, 5.74) is 1.18. The van der Waals surface area contributed by atoms with E-state index >= 15 is 0 Å². The van der Waals surface area contributed by atoms with Crippen molar-refractivity contribution in [2.75, 3.05) is 40.3 Å². The third kappa shape index (κ3) is 10.5. The molecule has 1 aromatic carbocycles. The topological polar surface area (TPSA) is 48.9 Å². The van der Waals surface area contributed by atoms with Crippen LogP contribution in [0.5, 0.6) is 5.75 Å². The summed E-state index contributed by atoms with van der Waals surface area (Å²) in [7, 11) is 3.49. The summed E-state index contributed by atoms with van der Waals surface area (Å²) in [5.74, 6) is 1.72. The lowest BCUT2D eigenvalue weighted by Crippen LogP contribution is -2.38. The number of hydrogen-bond acceptors (Lipinski definition) is 3. The zero-order valence-electron chi connectivity index (χ0n) is 16.2. The van der Waals surface area contributed by atoms with Gasteiger partial charge in [0.25, 0.3) is 0 Å². The van der Waals surface area contributed by atoms with Gasteiger partial charge in [-0.25, -0.2) is 0 Å². The number of hydrogen-bond donors (Lipinski definition) is 2. The second-order valence-electron chi connectivity index (χ2n) is 5.90. The Morgan fingerprint density at radius 2 is 1.84 bits per heavy atom. The summed E-state index contributed by atoms with van der Waals surface area (Å²) < 4.78 is 5.25. The van der Waals surface area contributed by atoms with Gasteiger partial charge in [-0.15, -0.1) is 24.0 Å². The maximum atomic E-state index is 5.25. The molecule has 144 valence electrons. The van der Waals surface area contributed by atoms with E-state index in [9.17, 15) is 0 Å². The molecule has 1 rings (SSSR count). The third-order valence-corrected chi connectivity index (χ3v) is 3.84. The number of aliphatic imine (C=N–C) groups is 1. The maximum Gasteiger partial charge on any atom is 0.191 e. The van der Waals surface area contributed by atoms with Crippen molar-refractivity contribution in [3.63, 3.8) is 0 Å². The highest BCUT2D eigenvalue weighted by molar-refractivity contribution is 14.0. The Labute approximate surface area is 170 Å². The van der Waals surface area contributed by atoms with Crippen LogP contribution in [0.25, 0.3) is 0 Å². The van der Waals surface area contributed by atoms with Crippen LogP contribution >= 0.6 is 24.0 Å². The number of ether oxygens (including phenoxy) is 1. The second-order valence-corrected chi connectivity index (χ2v) is 5.90. The Morgan fingerprint density at radius 1 is 1.12 bits per heavy atom. The molecule has 0 bridgehead atoms. The molecular formula is C19H35IN4O. The summed E-state index contributed by atoms with van der Waals surface area (Å²) in [5, 5.41) is 6.73. The van der Waals surface area contributed by atoms with E-state index in [1.165, 1.54) is 31.5 Å². The number of rotatable bonds is 11. The Kier molecular flexibility index (Phi) is 14.6. The van der Waals surface area contributed by atoms with Gasteiger partial charge in [0, 0.05) is 20.1 Å². The van der Waals surface area contributed by atoms with Crippen LogP contribution in [0.15, 0.2) is 29.3 Å². The predicted octanol–water partition coefficient (Wildman–Crippen LogP) is 3.49. The number of nitrogens with zero attached hydrogens (tertiary/aromatic N) is 2. The van der Waals surface area contributed by atoms with Gasteiger partial charge in [0.15, 0.2) is 5.96 Å². The summed E-state index contributed by atoms with van der Waals surface area (Å²) in [6.45, 7) is 9.67. The Hall–Kier alpha value is -1.02. The first kappa shape index (κ1) is 24.0. The number of benzene rings is 1. The SMILES string of the molecule is CCCN(CCC)CCCNC(=NC)NCc1cccc(OC)c1.I. The van der Waals surface area contributed by atoms with Crippen molar-refractivity contribution in [2.45, 2.75) is 39.7 Å². The lowest BCUT2D eigenvalue weighted by Gasteiger charge is -2.21. The quantitative estimate of drug-likeness (QED) is 0.229. The van der Waals surface area contributed by atoms with Gasteiger partial charge in [0.05, 0.1) is 7.11 Å². The first-order chi connectivity index (χ1) is 11.7. The first-order valence-corrected chi connectivity index (χ1v) is 9.03. The van der Waals surface area contributed by atoms with Crippen LogP contribution < -0.4 is 15.4 Å². The third-order valence-electron chi connectivity index (χ3n) is 3.84. The molecule has 0 amide bonds. The molecule has 0 aliphatic heterocycles. The monoisotopic (exact) mass is 462 g/mol. The van der Waals surface area contributed by atoms with Crippen LogP contribution in [0.4, 0.5) is 0 Å². The molecule has 0 saturated heterocycles. The van der Waals surface area contributed by atoms with Crippen molar-refractivity contribution in [2.24, 2.45) is 4.99 Å². The molecule has 0 heterocycles. The molecule has 6 heteroatoms. The molecule has 0 radical (unpaired) electrons. The fraction of sp³-hybridized carbons (Fsp3) is 0.632. The van der Waals surface area contributed by atoms with E-state index in [1.54, 1.807) is 14.2 Å². The fourth-order valence-corrected chi connectivity index (χ4v) is 2.67. The predicted molar refractivity (Wildman–Crippen MR) is 118 cm³/mol. The van der Waals surface area contributed by atoms with Gasteiger partial charge in [-0.3, -0.25) is 4.99 Å². The van der Waals surface area contributed by atoms with Crippen molar-refractivity contribution in [1.29, 1.82) is 0 Å². The molecule has 0 aromatic heterocycles. The Bertz CT molecular complexity index is 476. The zero-order chi connectivity index (χ0) is 17.6. The van der Waals surface area contributed by atoms with Crippen molar-refractivity contribution in [3.8, 4) is 5.75 Å². The van der Waals surface area contributed by atoms with E-state index in [2.05, 4.69) is 40.4 Å². The van der Waals surface area contributed by atoms with Crippen molar-refractivity contribution in [3.05, 3.63) is 29.8 Å². The number of methoxy groups -OCH3 is 1. The Morgan fingerprint density at radius 3 is 2.44 bits per heavy atom.